The Kier molecular flexibility index (Phi) is 4.80. The molecular weight excluding hydrogens is 310 g/mol. The van der Waals surface area contributed by atoms with Crippen LogP contribution in [0.1, 0.15) is 30.9 Å². The first-order chi connectivity index (χ1) is 11.6. The van der Waals surface area contributed by atoms with Gasteiger partial charge in [0.05, 0.1) is 5.41 Å². The summed E-state index contributed by atoms with van der Waals surface area (Å²) in [6.07, 6.45) is 1.18. The van der Waals surface area contributed by atoms with Gasteiger partial charge >= 0.3 is 0 Å². The molecule has 2 amide bonds. The van der Waals surface area contributed by atoms with E-state index in [-0.39, 0.29) is 18.6 Å². The number of primary amides is 1. The van der Waals surface area contributed by atoms with Gasteiger partial charge in [0.1, 0.15) is 5.71 Å². The van der Waals surface area contributed by atoms with Crippen molar-refractivity contribution in [2.75, 3.05) is 19.8 Å². The van der Waals surface area contributed by atoms with E-state index in [0.717, 1.165) is 5.56 Å². The molecule has 7 heteroatoms. The Labute approximate surface area is 140 Å². The second kappa shape index (κ2) is 7.00. The topological polar surface area (TPSA) is 103 Å². The maximum atomic E-state index is 12.3. The molecule has 2 aliphatic rings. The molecule has 0 saturated carbocycles. The van der Waals surface area contributed by atoms with E-state index in [9.17, 15) is 9.59 Å². The van der Waals surface area contributed by atoms with Gasteiger partial charge < -0.3 is 20.6 Å². The first-order valence-electron chi connectivity index (χ1n) is 8.04. The van der Waals surface area contributed by atoms with Crippen LogP contribution in [0.2, 0.25) is 0 Å². The van der Waals surface area contributed by atoms with Gasteiger partial charge in [-0.3, -0.25) is 9.59 Å². The predicted molar refractivity (Wildman–Crippen MR) is 87.0 cm³/mol. The molecule has 24 heavy (non-hydrogen) atoms. The molecule has 0 spiro atoms. The highest BCUT2D eigenvalue weighted by Crippen LogP contribution is 2.30. The van der Waals surface area contributed by atoms with Crippen molar-refractivity contribution in [1.82, 2.24) is 5.32 Å². The van der Waals surface area contributed by atoms with Crippen LogP contribution in [0, 0.1) is 5.41 Å². The lowest BCUT2D eigenvalue weighted by Gasteiger charge is -2.34. The van der Waals surface area contributed by atoms with Crippen molar-refractivity contribution in [3.63, 3.8) is 0 Å². The van der Waals surface area contributed by atoms with Crippen molar-refractivity contribution in [2.45, 2.75) is 25.4 Å². The number of hydrogen-bond donors (Lipinski definition) is 2. The third-order valence-electron chi connectivity index (χ3n) is 4.66. The molecule has 2 heterocycles. The van der Waals surface area contributed by atoms with Gasteiger partial charge in [0.25, 0.3) is 5.91 Å². The third-order valence-corrected chi connectivity index (χ3v) is 4.66. The van der Waals surface area contributed by atoms with Gasteiger partial charge in [-0.2, -0.15) is 0 Å². The minimum Gasteiger partial charge on any atom is -0.387 e. The van der Waals surface area contributed by atoms with E-state index in [4.69, 9.17) is 15.3 Å². The highest BCUT2D eigenvalue weighted by molar-refractivity contribution is 6.39. The number of carbonyl (C=O) groups is 2. The van der Waals surface area contributed by atoms with Crippen molar-refractivity contribution in [3.05, 3.63) is 35.9 Å². The molecule has 1 atom stereocenters. The number of nitrogens with two attached hydrogens (primary N) is 1. The molecule has 3 rings (SSSR count). The van der Waals surface area contributed by atoms with Gasteiger partial charge in [0.2, 0.25) is 5.91 Å². The number of rotatable bonds is 5. The molecule has 3 N–H and O–H groups in total. The molecule has 1 unspecified atom stereocenters. The van der Waals surface area contributed by atoms with E-state index in [1.165, 1.54) is 0 Å². The summed E-state index contributed by atoms with van der Waals surface area (Å²) in [5.74, 6) is -0.724. The fourth-order valence-electron chi connectivity index (χ4n) is 2.98. The van der Waals surface area contributed by atoms with Gasteiger partial charge in [0.15, 0.2) is 6.10 Å². The van der Waals surface area contributed by atoms with Crippen LogP contribution in [0.4, 0.5) is 0 Å². The number of amides is 2. The standard InChI is InChI=1S/C17H21N3O4/c18-16(22)17(6-8-23-9-7-17)11-19-15(21)13-10-14(24-20-13)12-4-2-1-3-5-12/h1-5,14H,6-11H2,(H2,18,22)(H,19,21). The minimum atomic E-state index is -0.743. The van der Waals surface area contributed by atoms with Crippen molar-refractivity contribution in [1.29, 1.82) is 0 Å². The molecule has 2 aliphatic heterocycles. The second-order valence-electron chi connectivity index (χ2n) is 6.19. The Morgan fingerprint density at radius 3 is 2.62 bits per heavy atom. The highest BCUT2D eigenvalue weighted by atomic mass is 16.6. The Hall–Kier alpha value is -2.41. The first-order valence-corrected chi connectivity index (χ1v) is 8.04. The SMILES string of the molecule is NC(=O)C1(CNC(=O)C2=NOC(c3ccccc3)C2)CCOCC1. The lowest BCUT2D eigenvalue weighted by atomic mass is 9.79. The molecule has 0 aromatic heterocycles. The van der Waals surface area contributed by atoms with Crippen LogP contribution in [0.25, 0.3) is 0 Å². The monoisotopic (exact) mass is 331 g/mol. The molecule has 128 valence electrons. The summed E-state index contributed by atoms with van der Waals surface area (Å²) in [6, 6.07) is 9.62. The minimum absolute atomic E-state index is 0.194. The molecule has 1 fully saturated rings. The van der Waals surface area contributed by atoms with Gasteiger partial charge in [0, 0.05) is 26.2 Å². The first kappa shape index (κ1) is 16.4. The third kappa shape index (κ3) is 3.41. The number of hydrogen-bond acceptors (Lipinski definition) is 5. The zero-order chi connectivity index (χ0) is 17.0. The number of ether oxygens (including phenoxy) is 1. The molecule has 0 radical (unpaired) electrons. The number of oxime groups is 1. The van der Waals surface area contributed by atoms with Crippen molar-refractivity contribution in [3.8, 4) is 0 Å². The van der Waals surface area contributed by atoms with E-state index in [2.05, 4.69) is 10.5 Å². The molecule has 1 aromatic rings. The lowest BCUT2D eigenvalue weighted by molar-refractivity contribution is -0.133. The summed E-state index contributed by atoms with van der Waals surface area (Å²) in [6.45, 7) is 1.14. The number of nitrogens with zero attached hydrogens (tertiary/aromatic N) is 1. The smallest absolute Gasteiger partial charge is 0.269 e. The fourth-order valence-corrected chi connectivity index (χ4v) is 2.98. The maximum Gasteiger partial charge on any atom is 0.269 e. The number of carbonyl (C=O) groups excluding carboxylic acids is 2. The summed E-state index contributed by atoms with van der Waals surface area (Å²) < 4.78 is 5.28. The van der Waals surface area contributed by atoms with E-state index in [1.807, 2.05) is 30.3 Å². The van der Waals surface area contributed by atoms with E-state index in [0.29, 0.717) is 38.2 Å². The molecule has 7 nitrogen and oxygen atoms in total. The molecule has 0 bridgehead atoms. The summed E-state index contributed by atoms with van der Waals surface area (Å²) in [5.41, 5.74) is 6.10. The number of nitrogens with one attached hydrogen (secondary N) is 1. The average Bonchev–Trinajstić information content (AvgIpc) is 3.11. The molecular formula is C17H21N3O4. The van der Waals surface area contributed by atoms with E-state index < -0.39 is 11.3 Å². The van der Waals surface area contributed by atoms with E-state index >= 15 is 0 Å². The highest BCUT2D eigenvalue weighted by Gasteiger charge is 2.39. The van der Waals surface area contributed by atoms with Gasteiger partial charge in [-0.25, -0.2) is 0 Å². The van der Waals surface area contributed by atoms with Crippen LogP contribution in [0.3, 0.4) is 0 Å². The molecule has 1 aromatic carbocycles. The van der Waals surface area contributed by atoms with Gasteiger partial charge in [-0.05, 0) is 18.4 Å². The van der Waals surface area contributed by atoms with Crippen LogP contribution in [-0.2, 0) is 19.2 Å². The lowest BCUT2D eigenvalue weighted by Crippen LogP contribution is -2.50. The largest absolute Gasteiger partial charge is 0.387 e. The Morgan fingerprint density at radius 1 is 1.25 bits per heavy atom. The van der Waals surface area contributed by atoms with Crippen LogP contribution in [0.5, 0.6) is 0 Å². The second-order valence-corrected chi connectivity index (χ2v) is 6.19. The van der Waals surface area contributed by atoms with Crippen LogP contribution in [-0.4, -0.2) is 37.3 Å². The quantitative estimate of drug-likeness (QED) is 0.836. The molecule has 1 saturated heterocycles. The maximum absolute atomic E-state index is 12.3. The van der Waals surface area contributed by atoms with Crippen molar-refractivity contribution < 1.29 is 19.2 Å². The summed E-state index contributed by atoms with van der Waals surface area (Å²) in [5, 5.41) is 6.67. The summed E-state index contributed by atoms with van der Waals surface area (Å²) >= 11 is 0. The Balaban J connectivity index is 1.57. The predicted octanol–water partition coefficient (Wildman–Crippen LogP) is 0.902. The van der Waals surface area contributed by atoms with Gasteiger partial charge in [-0.1, -0.05) is 35.5 Å². The number of benzene rings is 1. The zero-order valence-electron chi connectivity index (χ0n) is 13.4. The summed E-state index contributed by atoms with van der Waals surface area (Å²) in [7, 11) is 0. The van der Waals surface area contributed by atoms with Crippen LogP contribution < -0.4 is 11.1 Å². The fraction of sp³-hybridized carbons (Fsp3) is 0.471. The van der Waals surface area contributed by atoms with Crippen LogP contribution in [0.15, 0.2) is 35.5 Å². The van der Waals surface area contributed by atoms with Gasteiger partial charge in [-0.15, -0.1) is 0 Å². The average molecular weight is 331 g/mol. The normalized spacial score (nSPS) is 22.3. The zero-order valence-corrected chi connectivity index (χ0v) is 13.4. The Morgan fingerprint density at radius 2 is 1.96 bits per heavy atom. The summed E-state index contributed by atoms with van der Waals surface area (Å²) in [4.78, 5) is 29.5. The Bertz CT molecular complexity index is 638. The van der Waals surface area contributed by atoms with E-state index in [1.54, 1.807) is 0 Å². The molecule has 0 aliphatic carbocycles. The van der Waals surface area contributed by atoms with Crippen molar-refractivity contribution >= 4 is 17.5 Å². The van der Waals surface area contributed by atoms with Crippen molar-refractivity contribution in [2.24, 2.45) is 16.3 Å². The van der Waals surface area contributed by atoms with Crippen LogP contribution >= 0.6 is 0 Å².